The van der Waals surface area contributed by atoms with Crippen LogP contribution in [0.25, 0.3) is 0 Å². The van der Waals surface area contributed by atoms with Gasteiger partial charge in [-0.2, -0.15) is 0 Å². The number of amides is 3. The van der Waals surface area contributed by atoms with Crippen LogP contribution in [-0.2, 0) is 16.1 Å². The molecule has 0 aliphatic carbocycles. The number of hydrogen-bond donors (Lipinski definition) is 3. The molecule has 28 heavy (non-hydrogen) atoms. The number of likely N-dealkylation sites (tertiary alicyclic amines) is 1. The Bertz CT molecular complexity index is 788. The zero-order valence-corrected chi connectivity index (χ0v) is 15.8. The first-order chi connectivity index (χ1) is 13.6. The van der Waals surface area contributed by atoms with Crippen molar-refractivity contribution in [3.05, 3.63) is 29.3 Å². The zero-order chi connectivity index (χ0) is 19.7. The van der Waals surface area contributed by atoms with Gasteiger partial charge in [0.2, 0.25) is 11.8 Å². The lowest BCUT2D eigenvalue weighted by molar-refractivity contribution is -0.136. The highest BCUT2D eigenvalue weighted by Gasteiger charge is 2.40. The van der Waals surface area contributed by atoms with E-state index in [0.717, 1.165) is 37.2 Å². The van der Waals surface area contributed by atoms with E-state index in [-0.39, 0.29) is 30.7 Å². The molecule has 2 saturated heterocycles. The fraction of sp³-hybridized carbons (Fsp3) is 0.550. The van der Waals surface area contributed by atoms with Gasteiger partial charge in [0.05, 0.1) is 6.61 Å². The number of aliphatic hydroxyl groups excluding tert-OH is 1. The van der Waals surface area contributed by atoms with Gasteiger partial charge in [-0.15, -0.1) is 0 Å². The molecule has 8 heteroatoms. The van der Waals surface area contributed by atoms with Crippen LogP contribution in [0.1, 0.15) is 41.6 Å². The van der Waals surface area contributed by atoms with Crippen molar-refractivity contribution in [3.8, 4) is 0 Å². The highest BCUT2D eigenvalue weighted by Crippen LogP contribution is 2.33. The Morgan fingerprint density at radius 2 is 1.93 bits per heavy atom. The van der Waals surface area contributed by atoms with Crippen LogP contribution in [0.4, 0.5) is 5.69 Å². The summed E-state index contributed by atoms with van der Waals surface area (Å²) in [6.07, 6.45) is 2.59. The third-order valence-electron chi connectivity index (χ3n) is 5.95. The average molecular weight is 386 g/mol. The van der Waals surface area contributed by atoms with Crippen LogP contribution in [0.5, 0.6) is 0 Å². The Kier molecular flexibility index (Phi) is 5.32. The first kappa shape index (κ1) is 18.9. The Morgan fingerprint density at radius 3 is 2.64 bits per heavy atom. The SMILES string of the molecule is O=C1CCC(N2Cc3c(NC4CCN(CCO)CC4)cccc3C2=O)C(=O)N1. The maximum atomic E-state index is 12.9. The number of fused-ring (bicyclic) bond motifs is 1. The summed E-state index contributed by atoms with van der Waals surface area (Å²) in [6, 6.07) is 5.39. The Labute approximate surface area is 163 Å². The fourth-order valence-electron chi connectivity index (χ4n) is 4.38. The van der Waals surface area contributed by atoms with Crippen LogP contribution >= 0.6 is 0 Å². The van der Waals surface area contributed by atoms with Crippen molar-refractivity contribution in [3.63, 3.8) is 0 Å². The number of carbonyl (C=O) groups excluding carboxylic acids is 3. The lowest BCUT2D eigenvalue weighted by Crippen LogP contribution is -2.52. The van der Waals surface area contributed by atoms with Crippen LogP contribution < -0.4 is 10.6 Å². The predicted molar refractivity (Wildman–Crippen MR) is 103 cm³/mol. The summed E-state index contributed by atoms with van der Waals surface area (Å²) in [5.41, 5.74) is 2.50. The van der Waals surface area contributed by atoms with Gasteiger partial charge in [-0.05, 0) is 31.4 Å². The smallest absolute Gasteiger partial charge is 0.255 e. The molecule has 1 unspecified atom stereocenters. The topological polar surface area (TPSA) is 102 Å². The lowest BCUT2D eigenvalue weighted by atomic mass is 10.0. The van der Waals surface area contributed by atoms with Gasteiger partial charge < -0.3 is 20.2 Å². The summed E-state index contributed by atoms with van der Waals surface area (Å²) in [4.78, 5) is 40.3. The van der Waals surface area contributed by atoms with E-state index in [0.29, 0.717) is 31.1 Å². The van der Waals surface area contributed by atoms with E-state index in [9.17, 15) is 14.4 Å². The number of piperidine rings is 2. The van der Waals surface area contributed by atoms with Gasteiger partial charge >= 0.3 is 0 Å². The second-order valence-electron chi connectivity index (χ2n) is 7.72. The van der Waals surface area contributed by atoms with E-state index >= 15 is 0 Å². The third kappa shape index (κ3) is 3.62. The van der Waals surface area contributed by atoms with Crippen molar-refractivity contribution >= 4 is 23.4 Å². The predicted octanol–water partition coefficient (Wildman–Crippen LogP) is 0.316. The number of carbonyl (C=O) groups is 3. The maximum absolute atomic E-state index is 12.9. The maximum Gasteiger partial charge on any atom is 0.255 e. The number of nitrogens with one attached hydrogen (secondary N) is 2. The molecule has 1 atom stereocenters. The molecule has 3 aliphatic rings. The summed E-state index contributed by atoms with van der Waals surface area (Å²) in [5, 5.41) is 15.0. The summed E-state index contributed by atoms with van der Waals surface area (Å²) in [7, 11) is 0. The minimum absolute atomic E-state index is 0.147. The van der Waals surface area contributed by atoms with Crippen molar-refractivity contribution in [2.75, 3.05) is 31.6 Å². The minimum atomic E-state index is -0.591. The third-order valence-corrected chi connectivity index (χ3v) is 5.95. The number of nitrogens with zero attached hydrogens (tertiary/aromatic N) is 2. The molecule has 3 N–H and O–H groups in total. The van der Waals surface area contributed by atoms with Gasteiger partial charge in [-0.1, -0.05) is 6.07 Å². The number of β-amino-alcohol motifs (C(OH)–C–C–N with tert-alkyl or cyclic N) is 1. The van der Waals surface area contributed by atoms with E-state index in [1.54, 1.807) is 11.0 Å². The van der Waals surface area contributed by atoms with E-state index in [1.807, 2.05) is 12.1 Å². The quantitative estimate of drug-likeness (QED) is 0.630. The van der Waals surface area contributed by atoms with Crippen molar-refractivity contribution < 1.29 is 19.5 Å². The second-order valence-corrected chi connectivity index (χ2v) is 7.72. The van der Waals surface area contributed by atoms with E-state index in [4.69, 9.17) is 5.11 Å². The van der Waals surface area contributed by atoms with Gasteiger partial charge in [-0.25, -0.2) is 0 Å². The molecule has 0 aromatic heterocycles. The summed E-state index contributed by atoms with van der Waals surface area (Å²) in [5.74, 6) is -0.811. The fourth-order valence-corrected chi connectivity index (χ4v) is 4.38. The van der Waals surface area contributed by atoms with Gasteiger partial charge in [0.25, 0.3) is 5.91 Å². The number of imide groups is 1. The molecule has 1 aromatic carbocycles. The number of hydrogen-bond acceptors (Lipinski definition) is 6. The lowest BCUT2D eigenvalue weighted by Gasteiger charge is -2.33. The van der Waals surface area contributed by atoms with Crippen LogP contribution in [0, 0.1) is 0 Å². The van der Waals surface area contributed by atoms with Crippen LogP contribution in [-0.4, -0.2) is 71.0 Å². The standard InChI is InChI=1S/C20H26N4O4/c25-11-10-23-8-6-13(7-9-23)21-16-3-1-2-14-15(16)12-24(20(14)28)17-4-5-18(26)22-19(17)27/h1-3,13,17,21,25H,4-12H2,(H,22,26,27). The molecule has 1 aromatic rings. The first-order valence-corrected chi connectivity index (χ1v) is 9.93. The molecule has 2 fully saturated rings. The molecule has 3 aliphatic heterocycles. The van der Waals surface area contributed by atoms with E-state index in [2.05, 4.69) is 15.5 Å². The van der Waals surface area contributed by atoms with Crippen molar-refractivity contribution in [1.29, 1.82) is 0 Å². The summed E-state index contributed by atoms with van der Waals surface area (Å²) in [6.45, 7) is 3.15. The second kappa shape index (κ2) is 7.89. The Balaban J connectivity index is 1.46. The molecule has 150 valence electrons. The minimum Gasteiger partial charge on any atom is -0.395 e. The molecule has 8 nitrogen and oxygen atoms in total. The highest BCUT2D eigenvalue weighted by atomic mass is 16.3. The number of benzene rings is 1. The van der Waals surface area contributed by atoms with E-state index < -0.39 is 6.04 Å². The normalized spacial score (nSPS) is 23.7. The number of anilines is 1. The molecule has 3 heterocycles. The largest absolute Gasteiger partial charge is 0.395 e. The van der Waals surface area contributed by atoms with Crippen LogP contribution in [0.3, 0.4) is 0 Å². The monoisotopic (exact) mass is 386 g/mol. The molecule has 0 saturated carbocycles. The molecular formula is C20H26N4O4. The molecule has 3 amide bonds. The molecule has 4 rings (SSSR count). The summed E-state index contributed by atoms with van der Waals surface area (Å²) >= 11 is 0. The van der Waals surface area contributed by atoms with Crippen molar-refractivity contribution in [2.24, 2.45) is 0 Å². The Morgan fingerprint density at radius 1 is 1.14 bits per heavy atom. The van der Waals surface area contributed by atoms with Crippen LogP contribution in [0.15, 0.2) is 18.2 Å². The van der Waals surface area contributed by atoms with Gasteiger partial charge in [0.15, 0.2) is 0 Å². The van der Waals surface area contributed by atoms with Crippen molar-refractivity contribution in [2.45, 2.75) is 44.3 Å². The average Bonchev–Trinajstić information content (AvgIpc) is 3.01. The van der Waals surface area contributed by atoms with Crippen molar-refractivity contribution in [1.82, 2.24) is 15.1 Å². The number of rotatable bonds is 5. The molecule has 0 spiro atoms. The first-order valence-electron chi connectivity index (χ1n) is 9.93. The molecular weight excluding hydrogens is 360 g/mol. The van der Waals surface area contributed by atoms with Gasteiger partial charge in [-0.3, -0.25) is 19.7 Å². The summed E-state index contributed by atoms with van der Waals surface area (Å²) < 4.78 is 0. The number of aliphatic hydroxyl groups is 1. The van der Waals surface area contributed by atoms with Crippen LogP contribution in [0.2, 0.25) is 0 Å². The zero-order valence-electron chi connectivity index (χ0n) is 15.8. The molecule has 0 bridgehead atoms. The van der Waals surface area contributed by atoms with Gasteiger partial charge in [0, 0.05) is 55.5 Å². The molecule has 0 radical (unpaired) electrons. The van der Waals surface area contributed by atoms with Gasteiger partial charge in [0.1, 0.15) is 6.04 Å². The van der Waals surface area contributed by atoms with E-state index in [1.165, 1.54) is 0 Å². The Hall–Kier alpha value is -2.45. The highest BCUT2D eigenvalue weighted by molar-refractivity contribution is 6.06.